The van der Waals surface area contributed by atoms with E-state index < -0.39 is 0 Å². The molecule has 0 aliphatic rings. The van der Waals surface area contributed by atoms with E-state index in [9.17, 15) is 9.59 Å². The van der Waals surface area contributed by atoms with Crippen LogP contribution in [0.15, 0.2) is 36.5 Å². The highest BCUT2D eigenvalue weighted by Crippen LogP contribution is 1.98. The van der Waals surface area contributed by atoms with E-state index in [1.807, 2.05) is 6.07 Å². The highest BCUT2D eigenvalue weighted by atomic mass is 16.2. The molecule has 18 heavy (non-hydrogen) atoms. The maximum atomic E-state index is 11.6. The maximum absolute atomic E-state index is 11.6. The summed E-state index contributed by atoms with van der Waals surface area (Å²) < 4.78 is 0. The van der Waals surface area contributed by atoms with Crippen LogP contribution in [-0.2, 0) is 4.79 Å². The molecule has 0 fully saturated rings. The highest BCUT2D eigenvalue weighted by Gasteiger charge is 2.08. The van der Waals surface area contributed by atoms with Crippen LogP contribution in [0.25, 0.3) is 0 Å². The minimum absolute atomic E-state index is 0.124. The van der Waals surface area contributed by atoms with E-state index in [1.54, 1.807) is 24.3 Å². The topological polar surface area (TPSA) is 99.8 Å². The highest BCUT2D eigenvalue weighted by molar-refractivity contribution is 5.98. The minimum Gasteiger partial charge on any atom is -0.343 e. The number of rotatable bonds is 4. The number of amides is 2. The second-order valence-corrected chi connectivity index (χ2v) is 3.45. The zero-order valence-corrected chi connectivity index (χ0v) is 9.38. The summed E-state index contributed by atoms with van der Waals surface area (Å²) in [7, 11) is 0. The molecule has 2 amide bonds. The summed E-state index contributed by atoms with van der Waals surface area (Å²) >= 11 is 0. The molecule has 0 bridgehead atoms. The summed E-state index contributed by atoms with van der Waals surface area (Å²) in [4.78, 5) is 23.1. The van der Waals surface area contributed by atoms with E-state index in [0.29, 0.717) is 11.4 Å². The molecular formula is C11H11N5O2. The SMILES string of the molecule is O=C(CNC(=O)c1ccccc1)Nc1cn[nH]n1. The molecule has 1 heterocycles. The molecule has 92 valence electrons. The number of carbonyl (C=O) groups is 2. The first-order chi connectivity index (χ1) is 8.75. The summed E-state index contributed by atoms with van der Waals surface area (Å²) in [5.74, 6) is -0.354. The largest absolute Gasteiger partial charge is 0.343 e. The van der Waals surface area contributed by atoms with Gasteiger partial charge in [-0.1, -0.05) is 18.2 Å². The van der Waals surface area contributed by atoms with Crippen LogP contribution >= 0.6 is 0 Å². The number of aromatic nitrogens is 3. The van der Waals surface area contributed by atoms with Crippen LogP contribution in [-0.4, -0.2) is 33.8 Å². The van der Waals surface area contributed by atoms with Crippen molar-refractivity contribution in [1.29, 1.82) is 0 Å². The molecule has 1 aromatic heterocycles. The Morgan fingerprint density at radius 3 is 2.67 bits per heavy atom. The Labute approximate surface area is 103 Å². The predicted molar refractivity (Wildman–Crippen MR) is 63.8 cm³/mol. The summed E-state index contributed by atoms with van der Waals surface area (Å²) in [5, 5.41) is 14.5. The summed E-state index contributed by atoms with van der Waals surface area (Å²) in [5.41, 5.74) is 0.506. The molecule has 3 N–H and O–H groups in total. The molecule has 2 rings (SSSR count). The van der Waals surface area contributed by atoms with Crippen molar-refractivity contribution in [3.8, 4) is 0 Å². The van der Waals surface area contributed by atoms with Crippen LogP contribution in [0.1, 0.15) is 10.4 Å². The second kappa shape index (κ2) is 5.58. The van der Waals surface area contributed by atoms with Crippen LogP contribution in [0.2, 0.25) is 0 Å². The molecule has 0 saturated heterocycles. The first kappa shape index (κ1) is 11.8. The number of anilines is 1. The molecular weight excluding hydrogens is 234 g/mol. The third-order valence-corrected chi connectivity index (χ3v) is 2.13. The molecule has 0 unspecified atom stereocenters. The smallest absolute Gasteiger partial charge is 0.251 e. The summed E-state index contributed by atoms with van der Waals surface area (Å²) in [6, 6.07) is 8.67. The Morgan fingerprint density at radius 1 is 1.22 bits per heavy atom. The van der Waals surface area contributed by atoms with Gasteiger partial charge in [0.15, 0.2) is 5.82 Å². The molecule has 7 nitrogen and oxygen atoms in total. The Morgan fingerprint density at radius 2 is 2.00 bits per heavy atom. The lowest BCUT2D eigenvalue weighted by Gasteiger charge is -2.04. The monoisotopic (exact) mass is 245 g/mol. The summed E-state index contributed by atoms with van der Waals surface area (Å²) in [6.45, 7) is -0.124. The van der Waals surface area contributed by atoms with Crippen LogP contribution in [0.5, 0.6) is 0 Å². The third-order valence-electron chi connectivity index (χ3n) is 2.13. The van der Waals surface area contributed by atoms with Gasteiger partial charge < -0.3 is 10.6 Å². The average Bonchev–Trinajstić information content (AvgIpc) is 2.90. The second-order valence-electron chi connectivity index (χ2n) is 3.45. The summed E-state index contributed by atoms with van der Waals surface area (Å²) in [6.07, 6.45) is 1.37. The average molecular weight is 245 g/mol. The number of carbonyl (C=O) groups excluding carboxylic acids is 2. The molecule has 0 spiro atoms. The van der Waals surface area contributed by atoms with Crippen molar-refractivity contribution in [3.63, 3.8) is 0 Å². The van der Waals surface area contributed by atoms with Gasteiger partial charge in [0.05, 0.1) is 12.7 Å². The normalized spacial score (nSPS) is 9.78. The van der Waals surface area contributed by atoms with Gasteiger partial charge in [-0.3, -0.25) is 9.59 Å². The van der Waals surface area contributed by atoms with E-state index >= 15 is 0 Å². The zero-order chi connectivity index (χ0) is 12.8. The number of benzene rings is 1. The van der Waals surface area contributed by atoms with Gasteiger partial charge in [0.25, 0.3) is 5.91 Å². The number of hydrogen-bond donors (Lipinski definition) is 3. The van der Waals surface area contributed by atoms with Gasteiger partial charge in [-0.05, 0) is 12.1 Å². The van der Waals surface area contributed by atoms with Crippen molar-refractivity contribution < 1.29 is 9.59 Å². The quantitative estimate of drug-likeness (QED) is 0.715. The van der Waals surface area contributed by atoms with E-state index in [-0.39, 0.29) is 18.4 Å². The number of aromatic amines is 1. The third kappa shape index (κ3) is 3.14. The number of nitrogens with zero attached hydrogens (tertiary/aromatic N) is 2. The van der Waals surface area contributed by atoms with E-state index in [1.165, 1.54) is 6.20 Å². The number of hydrogen-bond acceptors (Lipinski definition) is 4. The minimum atomic E-state index is -0.367. The van der Waals surface area contributed by atoms with Gasteiger partial charge in [0, 0.05) is 5.56 Å². The predicted octanol–water partition coefficient (Wildman–Crippen LogP) is 0.173. The van der Waals surface area contributed by atoms with E-state index in [4.69, 9.17) is 0 Å². The standard InChI is InChI=1S/C11H11N5O2/c17-10(14-9-6-13-16-15-9)7-12-11(18)8-4-2-1-3-5-8/h1-6H,7H2,(H,12,18)(H2,13,14,15,16,17). The van der Waals surface area contributed by atoms with Crippen molar-refractivity contribution in [1.82, 2.24) is 20.7 Å². The van der Waals surface area contributed by atoms with Crippen molar-refractivity contribution in [2.75, 3.05) is 11.9 Å². The van der Waals surface area contributed by atoms with Crippen molar-refractivity contribution in [2.45, 2.75) is 0 Å². The van der Waals surface area contributed by atoms with Gasteiger partial charge in [-0.15, -0.1) is 5.10 Å². The molecule has 1 aromatic carbocycles. The van der Waals surface area contributed by atoms with Crippen molar-refractivity contribution in [2.24, 2.45) is 0 Å². The Hall–Kier alpha value is -2.70. The molecule has 7 heteroatoms. The van der Waals surface area contributed by atoms with Crippen molar-refractivity contribution >= 4 is 17.6 Å². The number of nitrogens with one attached hydrogen (secondary N) is 3. The van der Waals surface area contributed by atoms with Gasteiger partial charge >= 0.3 is 0 Å². The Bertz CT molecular complexity index is 524. The molecule has 0 saturated carbocycles. The van der Waals surface area contributed by atoms with Gasteiger partial charge in [0.1, 0.15) is 0 Å². The lowest BCUT2D eigenvalue weighted by molar-refractivity contribution is -0.115. The number of H-pyrrole nitrogens is 1. The first-order valence-corrected chi connectivity index (χ1v) is 5.24. The van der Waals surface area contributed by atoms with Gasteiger partial charge in [-0.25, -0.2) is 0 Å². The van der Waals surface area contributed by atoms with Crippen LogP contribution < -0.4 is 10.6 Å². The Kier molecular flexibility index (Phi) is 3.65. The zero-order valence-electron chi connectivity index (χ0n) is 9.38. The molecule has 0 aliphatic heterocycles. The van der Waals surface area contributed by atoms with E-state index in [2.05, 4.69) is 26.0 Å². The fraction of sp³-hybridized carbons (Fsp3) is 0.0909. The van der Waals surface area contributed by atoms with E-state index in [0.717, 1.165) is 0 Å². The Balaban J connectivity index is 1.81. The maximum Gasteiger partial charge on any atom is 0.251 e. The lowest BCUT2D eigenvalue weighted by Crippen LogP contribution is -2.32. The van der Waals surface area contributed by atoms with Gasteiger partial charge in [-0.2, -0.15) is 10.3 Å². The van der Waals surface area contributed by atoms with Crippen LogP contribution in [0.4, 0.5) is 5.82 Å². The van der Waals surface area contributed by atoms with Crippen LogP contribution in [0.3, 0.4) is 0 Å². The molecule has 2 aromatic rings. The van der Waals surface area contributed by atoms with Gasteiger partial charge in [0.2, 0.25) is 5.91 Å². The fourth-order valence-corrected chi connectivity index (χ4v) is 1.30. The fourth-order valence-electron chi connectivity index (χ4n) is 1.30. The van der Waals surface area contributed by atoms with Crippen LogP contribution in [0, 0.1) is 0 Å². The van der Waals surface area contributed by atoms with Crippen molar-refractivity contribution in [3.05, 3.63) is 42.1 Å². The molecule has 0 radical (unpaired) electrons. The molecule has 0 atom stereocenters. The first-order valence-electron chi connectivity index (χ1n) is 5.24. The molecule has 0 aliphatic carbocycles. The lowest BCUT2D eigenvalue weighted by atomic mass is 10.2.